The molecule has 0 aliphatic heterocycles. The van der Waals surface area contributed by atoms with Gasteiger partial charge in [0.15, 0.2) is 5.78 Å². The van der Waals surface area contributed by atoms with Gasteiger partial charge in [0.2, 0.25) is 0 Å². The molecule has 104 valence electrons. The average molecular weight is 311 g/mol. The molecule has 0 bridgehead atoms. The van der Waals surface area contributed by atoms with E-state index in [0.717, 1.165) is 0 Å². The first-order valence-electron chi connectivity index (χ1n) is 5.65. The van der Waals surface area contributed by atoms with Crippen LogP contribution in [-0.4, -0.2) is 19.2 Å². The van der Waals surface area contributed by atoms with Crippen LogP contribution >= 0.6 is 11.6 Å². The Hall–Kier alpha value is -1.92. The summed E-state index contributed by atoms with van der Waals surface area (Å²) in [4.78, 5) is 15.1. The first-order valence-corrected chi connectivity index (χ1v) is 7.51. The molecular formula is C13H11ClN2O3S. The lowest BCUT2D eigenvalue weighted by Gasteiger charge is -2.08. The quantitative estimate of drug-likeness (QED) is 0.696. The second-order valence-corrected chi connectivity index (χ2v) is 6.10. The molecule has 1 aromatic carbocycles. The van der Waals surface area contributed by atoms with Crippen molar-refractivity contribution >= 4 is 33.2 Å². The third-order valence-electron chi connectivity index (χ3n) is 2.50. The number of ketones is 1. The van der Waals surface area contributed by atoms with E-state index in [1.807, 2.05) is 0 Å². The third kappa shape index (κ3) is 3.34. The number of hydrogen-bond donors (Lipinski definition) is 1. The number of rotatable bonds is 4. The first kappa shape index (κ1) is 14.5. The molecular weight excluding hydrogens is 300 g/mol. The van der Waals surface area contributed by atoms with Gasteiger partial charge in [-0.15, -0.1) is 0 Å². The molecule has 7 heteroatoms. The molecule has 0 atom stereocenters. The molecule has 0 amide bonds. The summed E-state index contributed by atoms with van der Waals surface area (Å²) in [5, 5.41) is 0.183. The van der Waals surface area contributed by atoms with E-state index in [2.05, 4.69) is 9.71 Å². The van der Waals surface area contributed by atoms with Crippen LogP contribution in [0.1, 0.15) is 17.3 Å². The largest absolute Gasteiger partial charge is 0.295 e. The summed E-state index contributed by atoms with van der Waals surface area (Å²) in [7, 11) is -3.81. The molecule has 5 nitrogen and oxygen atoms in total. The summed E-state index contributed by atoms with van der Waals surface area (Å²) in [5.41, 5.74) is 0.326. The number of nitrogens with one attached hydrogen (secondary N) is 1. The van der Waals surface area contributed by atoms with Crippen LogP contribution in [0.2, 0.25) is 5.15 Å². The van der Waals surface area contributed by atoms with E-state index in [4.69, 9.17) is 11.6 Å². The van der Waals surface area contributed by atoms with Crippen LogP contribution in [0, 0.1) is 0 Å². The van der Waals surface area contributed by atoms with Crippen molar-refractivity contribution in [2.75, 3.05) is 4.72 Å². The minimum atomic E-state index is -3.81. The monoisotopic (exact) mass is 310 g/mol. The minimum absolute atomic E-state index is 0.00743. The van der Waals surface area contributed by atoms with Crippen molar-refractivity contribution in [1.82, 2.24) is 4.98 Å². The van der Waals surface area contributed by atoms with E-state index >= 15 is 0 Å². The number of anilines is 1. The molecule has 0 saturated heterocycles. The molecule has 2 aromatic rings. The Morgan fingerprint density at radius 1 is 1.20 bits per heavy atom. The van der Waals surface area contributed by atoms with E-state index in [9.17, 15) is 13.2 Å². The molecule has 1 N–H and O–H groups in total. The Morgan fingerprint density at radius 3 is 2.55 bits per heavy atom. The second-order valence-electron chi connectivity index (χ2n) is 4.04. The van der Waals surface area contributed by atoms with Crippen molar-refractivity contribution in [3.05, 3.63) is 53.2 Å². The Kier molecular flexibility index (Phi) is 4.06. The number of halogens is 1. The lowest BCUT2D eigenvalue weighted by atomic mass is 10.2. The SMILES string of the molecule is CC(=O)c1cccc(S(=O)(=O)Nc2cccc(Cl)n2)c1. The number of aromatic nitrogens is 1. The Morgan fingerprint density at radius 2 is 1.90 bits per heavy atom. The van der Waals surface area contributed by atoms with E-state index in [1.165, 1.54) is 37.3 Å². The molecule has 0 aliphatic carbocycles. The summed E-state index contributed by atoms with van der Waals surface area (Å²) in [5.74, 6) is -0.0892. The molecule has 2 rings (SSSR count). The van der Waals surface area contributed by atoms with Gasteiger partial charge in [-0.2, -0.15) is 0 Å². The van der Waals surface area contributed by atoms with Gasteiger partial charge in [0.25, 0.3) is 10.0 Å². The van der Waals surface area contributed by atoms with Crippen molar-refractivity contribution in [2.24, 2.45) is 0 Å². The smallest absolute Gasteiger partial charge is 0.263 e. The van der Waals surface area contributed by atoms with Crippen molar-refractivity contribution in [1.29, 1.82) is 0 Å². The van der Waals surface area contributed by atoms with Crippen LogP contribution in [-0.2, 0) is 10.0 Å². The third-order valence-corrected chi connectivity index (χ3v) is 4.07. The molecule has 0 fully saturated rings. The predicted octanol–water partition coefficient (Wildman–Crippen LogP) is 2.74. The lowest BCUT2D eigenvalue weighted by Crippen LogP contribution is -2.14. The highest BCUT2D eigenvalue weighted by Gasteiger charge is 2.16. The summed E-state index contributed by atoms with van der Waals surface area (Å²) in [6.07, 6.45) is 0. The number of benzene rings is 1. The summed E-state index contributed by atoms with van der Waals surface area (Å²) in [6, 6.07) is 10.4. The standard InChI is InChI=1S/C13H11ClN2O3S/c1-9(17)10-4-2-5-11(8-10)20(18,19)16-13-7-3-6-12(14)15-13/h2-8H,1H3,(H,15,16). The van der Waals surface area contributed by atoms with Gasteiger partial charge in [-0.05, 0) is 31.2 Å². The van der Waals surface area contributed by atoms with E-state index in [0.29, 0.717) is 5.56 Å². The number of carbonyl (C=O) groups is 1. The van der Waals surface area contributed by atoms with Crippen LogP contribution < -0.4 is 4.72 Å². The summed E-state index contributed by atoms with van der Waals surface area (Å²) >= 11 is 5.70. The van der Waals surface area contributed by atoms with Crippen LogP contribution in [0.25, 0.3) is 0 Å². The van der Waals surface area contributed by atoms with Gasteiger partial charge in [-0.25, -0.2) is 13.4 Å². The van der Waals surface area contributed by atoms with Gasteiger partial charge >= 0.3 is 0 Å². The van der Waals surface area contributed by atoms with Gasteiger partial charge in [0.05, 0.1) is 4.90 Å². The Balaban J connectivity index is 2.35. The fourth-order valence-electron chi connectivity index (χ4n) is 1.54. The predicted molar refractivity (Wildman–Crippen MR) is 76.5 cm³/mol. The zero-order valence-electron chi connectivity index (χ0n) is 10.5. The maximum absolute atomic E-state index is 12.2. The van der Waals surface area contributed by atoms with Crippen LogP contribution in [0.4, 0.5) is 5.82 Å². The number of Topliss-reactive ketones (excluding diaryl/α,β-unsaturated/α-hetero) is 1. The fourth-order valence-corrected chi connectivity index (χ4v) is 2.75. The lowest BCUT2D eigenvalue weighted by molar-refractivity contribution is 0.101. The van der Waals surface area contributed by atoms with Crippen LogP contribution in [0.5, 0.6) is 0 Å². The maximum atomic E-state index is 12.2. The number of carbonyl (C=O) groups excluding carboxylic acids is 1. The highest BCUT2D eigenvalue weighted by molar-refractivity contribution is 7.92. The number of sulfonamides is 1. The van der Waals surface area contributed by atoms with E-state index in [-0.39, 0.29) is 21.6 Å². The normalized spacial score (nSPS) is 11.1. The number of hydrogen-bond acceptors (Lipinski definition) is 4. The first-order chi connectivity index (χ1) is 9.38. The molecule has 1 aromatic heterocycles. The van der Waals surface area contributed by atoms with Gasteiger partial charge < -0.3 is 0 Å². The fraction of sp³-hybridized carbons (Fsp3) is 0.0769. The number of nitrogens with zero attached hydrogens (tertiary/aromatic N) is 1. The van der Waals surface area contributed by atoms with Gasteiger partial charge in [-0.1, -0.05) is 29.8 Å². The topological polar surface area (TPSA) is 76.1 Å². The Labute approximate surface area is 121 Å². The van der Waals surface area contributed by atoms with Crippen molar-refractivity contribution < 1.29 is 13.2 Å². The van der Waals surface area contributed by atoms with Crippen molar-refractivity contribution in [3.63, 3.8) is 0 Å². The van der Waals surface area contributed by atoms with Crippen LogP contribution in [0.15, 0.2) is 47.4 Å². The van der Waals surface area contributed by atoms with E-state index < -0.39 is 10.0 Å². The van der Waals surface area contributed by atoms with Gasteiger partial charge in [0, 0.05) is 5.56 Å². The van der Waals surface area contributed by atoms with Crippen molar-refractivity contribution in [3.8, 4) is 0 Å². The highest BCUT2D eigenvalue weighted by atomic mass is 35.5. The maximum Gasteiger partial charge on any atom is 0.263 e. The molecule has 20 heavy (non-hydrogen) atoms. The average Bonchev–Trinajstić information content (AvgIpc) is 2.38. The highest BCUT2D eigenvalue weighted by Crippen LogP contribution is 2.17. The van der Waals surface area contributed by atoms with Crippen LogP contribution in [0.3, 0.4) is 0 Å². The molecule has 0 unspecified atom stereocenters. The van der Waals surface area contributed by atoms with Gasteiger partial charge in [0.1, 0.15) is 11.0 Å². The molecule has 0 spiro atoms. The van der Waals surface area contributed by atoms with E-state index in [1.54, 1.807) is 12.1 Å². The molecule has 0 aliphatic rings. The summed E-state index contributed by atoms with van der Waals surface area (Å²) < 4.78 is 26.7. The van der Waals surface area contributed by atoms with Gasteiger partial charge in [-0.3, -0.25) is 9.52 Å². The zero-order valence-corrected chi connectivity index (χ0v) is 12.1. The molecule has 0 saturated carbocycles. The zero-order chi connectivity index (χ0) is 14.8. The summed E-state index contributed by atoms with van der Waals surface area (Å²) in [6.45, 7) is 1.37. The Bertz CT molecular complexity index is 760. The number of pyridine rings is 1. The minimum Gasteiger partial charge on any atom is -0.295 e. The second kappa shape index (κ2) is 5.60. The van der Waals surface area contributed by atoms with Crippen molar-refractivity contribution in [2.45, 2.75) is 11.8 Å². The molecule has 0 radical (unpaired) electrons. The molecule has 1 heterocycles.